The Morgan fingerprint density at radius 2 is 1.91 bits per heavy atom. The fraction of sp³-hybridized carbons (Fsp3) is 0.240. The van der Waals surface area contributed by atoms with Crippen molar-refractivity contribution in [3.8, 4) is 17.1 Å². The minimum atomic E-state index is -0.654. The normalized spacial score (nSPS) is 12.3. The summed E-state index contributed by atoms with van der Waals surface area (Å²) in [6.45, 7) is 8.49. The van der Waals surface area contributed by atoms with Crippen LogP contribution in [-0.4, -0.2) is 39.6 Å². The van der Waals surface area contributed by atoms with Crippen LogP contribution in [0, 0.1) is 13.8 Å². The van der Waals surface area contributed by atoms with Gasteiger partial charge in [0.2, 0.25) is 0 Å². The van der Waals surface area contributed by atoms with Crippen molar-refractivity contribution in [3.05, 3.63) is 71.9 Å². The molecule has 9 nitrogen and oxygen atoms in total. The van der Waals surface area contributed by atoms with E-state index in [2.05, 4.69) is 32.5 Å². The van der Waals surface area contributed by atoms with Gasteiger partial charge >= 0.3 is 0 Å². The summed E-state index contributed by atoms with van der Waals surface area (Å²) in [6, 6.07) is 13.6. The van der Waals surface area contributed by atoms with E-state index in [1.807, 2.05) is 71.8 Å². The fourth-order valence-electron chi connectivity index (χ4n) is 4.03. The van der Waals surface area contributed by atoms with Crippen LogP contribution in [0.3, 0.4) is 0 Å². The van der Waals surface area contributed by atoms with Gasteiger partial charge in [-0.2, -0.15) is 10.2 Å². The Balaban J connectivity index is 1.54. The number of anilines is 2. The number of aryl methyl sites for hydroxylation is 2. The number of aromatic nitrogens is 7. The molecule has 4 aromatic heterocycles. The first kappa shape index (κ1) is 21.7. The van der Waals surface area contributed by atoms with Crippen LogP contribution in [0.1, 0.15) is 36.9 Å². The zero-order valence-corrected chi connectivity index (χ0v) is 19.6. The van der Waals surface area contributed by atoms with Gasteiger partial charge in [-0.15, -0.1) is 5.10 Å². The van der Waals surface area contributed by atoms with Crippen LogP contribution in [0.4, 0.5) is 11.5 Å². The van der Waals surface area contributed by atoms with Crippen LogP contribution < -0.4 is 5.32 Å². The minimum Gasteiger partial charge on any atom is -0.389 e. The largest absolute Gasteiger partial charge is 0.389 e. The molecule has 9 heteroatoms. The predicted octanol–water partition coefficient (Wildman–Crippen LogP) is 4.51. The molecular formula is C25H26N8O. The number of rotatable bonds is 6. The highest BCUT2D eigenvalue weighted by Gasteiger charge is 2.18. The molecule has 1 atom stereocenters. The smallest absolute Gasteiger partial charge is 0.153 e. The molecule has 0 fully saturated rings. The van der Waals surface area contributed by atoms with E-state index >= 15 is 0 Å². The number of nitrogens with zero attached hydrogens (tertiary/aromatic N) is 7. The number of aliphatic hydroxyl groups excluding tert-OH is 1. The maximum atomic E-state index is 10.4. The topological polar surface area (TPSA) is 107 Å². The van der Waals surface area contributed by atoms with Crippen molar-refractivity contribution in [2.75, 3.05) is 5.32 Å². The molecule has 0 aliphatic carbocycles. The minimum absolute atomic E-state index is 0.654. The average molecular weight is 455 g/mol. The highest BCUT2D eigenvalue weighted by molar-refractivity contribution is 5.82. The third-order valence-electron chi connectivity index (χ3n) is 5.88. The second kappa shape index (κ2) is 8.68. The van der Waals surface area contributed by atoms with Gasteiger partial charge in [0.25, 0.3) is 0 Å². The molecule has 0 aliphatic rings. The first-order chi connectivity index (χ1) is 16.4. The number of hydrogen-bond acceptors (Lipinski definition) is 7. The van der Waals surface area contributed by atoms with Crippen molar-refractivity contribution in [3.63, 3.8) is 0 Å². The molecule has 5 rings (SSSR count). The molecule has 1 aromatic carbocycles. The Morgan fingerprint density at radius 1 is 1.06 bits per heavy atom. The summed E-state index contributed by atoms with van der Waals surface area (Å²) in [7, 11) is 0. The van der Waals surface area contributed by atoms with E-state index in [-0.39, 0.29) is 0 Å². The number of benzene rings is 1. The number of aliphatic hydroxyl groups is 1. The Morgan fingerprint density at radius 3 is 2.62 bits per heavy atom. The third-order valence-corrected chi connectivity index (χ3v) is 5.88. The Labute approximate surface area is 197 Å². The van der Waals surface area contributed by atoms with Gasteiger partial charge in [0, 0.05) is 29.1 Å². The summed E-state index contributed by atoms with van der Waals surface area (Å²) in [6.07, 6.45) is 2.92. The molecule has 172 valence electrons. The maximum absolute atomic E-state index is 10.4. The van der Waals surface area contributed by atoms with Crippen LogP contribution in [-0.2, 0) is 6.54 Å². The summed E-state index contributed by atoms with van der Waals surface area (Å²) in [5.74, 6) is 1.39. The summed E-state index contributed by atoms with van der Waals surface area (Å²) in [4.78, 5) is 9.53. The lowest BCUT2D eigenvalue weighted by atomic mass is 10.0. The lowest BCUT2D eigenvalue weighted by Gasteiger charge is -2.14. The number of fused-ring (bicyclic) bond motifs is 1. The van der Waals surface area contributed by atoms with E-state index in [0.717, 1.165) is 57.3 Å². The van der Waals surface area contributed by atoms with Gasteiger partial charge < -0.3 is 10.4 Å². The monoisotopic (exact) mass is 454 g/mol. The van der Waals surface area contributed by atoms with Crippen molar-refractivity contribution in [1.29, 1.82) is 0 Å². The van der Waals surface area contributed by atoms with E-state index < -0.39 is 6.10 Å². The van der Waals surface area contributed by atoms with Gasteiger partial charge in [0.1, 0.15) is 12.1 Å². The summed E-state index contributed by atoms with van der Waals surface area (Å²) in [5, 5.41) is 26.3. The quantitative estimate of drug-likeness (QED) is 0.389. The van der Waals surface area contributed by atoms with Crippen LogP contribution in [0.5, 0.6) is 0 Å². The van der Waals surface area contributed by atoms with Crippen molar-refractivity contribution in [1.82, 2.24) is 34.5 Å². The summed E-state index contributed by atoms with van der Waals surface area (Å²) < 4.78 is 3.87. The van der Waals surface area contributed by atoms with Gasteiger partial charge in [0.15, 0.2) is 5.82 Å². The number of nitrogens with one attached hydrogen (secondary N) is 1. The molecule has 0 saturated carbocycles. The maximum Gasteiger partial charge on any atom is 0.153 e. The second-order valence-electron chi connectivity index (χ2n) is 8.25. The fourth-order valence-corrected chi connectivity index (χ4v) is 4.03. The third kappa shape index (κ3) is 3.90. The average Bonchev–Trinajstić information content (AvgIpc) is 3.43. The standard InChI is InChI=1S/C25H26N8O/c1-5-33-16(3)20(13-27-33)25-19(17(4)34)8-11-24(29-25)32-14-26-21-12-18(7-9-22(21)32)28-23-10-6-15(2)30-31-23/h6-14,17,34H,5H2,1-4H3,(H,28,31). The molecule has 2 N–H and O–H groups in total. The van der Waals surface area contributed by atoms with E-state index in [0.29, 0.717) is 5.82 Å². The summed E-state index contributed by atoms with van der Waals surface area (Å²) >= 11 is 0. The van der Waals surface area contributed by atoms with Crippen LogP contribution in [0.2, 0.25) is 0 Å². The highest BCUT2D eigenvalue weighted by Crippen LogP contribution is 2.31. The van der Waals surface area contributed by atoms with Gasteiger partial charge in [-0.25, -0.2) is 9.97 Å². The first-order valence-electron chi connectivity index (χ1n) is 11.2. The Hall–Kier alpha value is -4.11. The lowest BCUT2D eigenvalue weighted by Crippen LogP contribution is -2.04. The Bertz CT molecular complexity index is 1470. The molecule has 4 heterocycles. The van der Waals surface area contributed by atoms with Crippen molar-refractivity contribution < 1.29 is 5.11 Å². The van der Waals surface area contributed by atoms with Crippen molar-refractivity contribution >= 4 is 22.5 Å². The number of imidazole rings is 1. The molecule has 0 amide bonds. The molecule has 0 aliphatic heterocycles. The van der Waals surface area contributed by atoms with Gasteiger partial charge in [-0.05, 0) is 64.1 Å². The van der Waals surface area contributed by atoms with Gasteiger partial charge in [-0.1, -0.05) is 6.07 Å². The predicted molar refractivity (Wildman–Crippen MR) is 131 cm³/mol. The van der Waals surface area contributed by atoms with Crippen molar-refractivity contribution in [2.45, 2.75) is 40.3 Å². The number of hydrogen-bond donors (Lipinski definition) is 2. The zero-order valence-electron chi connectivity index (χ0n) is 19.6. The second-order valence-corrected chi connectivity index (χ2v) is 8.25. The molecule has 0 bridgehead atoms. The van der Waals surface area contributed by atoms with Gasteiger partial charge in [-0.3, -0.25) is 9.25 Å². The van der Waals surface area contributed by atoms with Gasteiger partial charge in [0.05, 0.1) is 34.7 Å². The van der Waals surface area contributed by atoms with E-state index in [4.69, 9.17) is 4.98 Å². The SMILES string of the molecule is CCn1ncc(-c2nc(-n3cnc4cc(Nc5ccc(C)nn5)ccc43)ccc2C(C)O)c1C. The van der Waals surface area contributed by atoms with E-state index in [1.165, 1.54) is 0 Å². The van der Waals surface area contributed by atoms with Crippen LogP contribution in [0.15, 0.2) is 55.0 Å². The first-order valence-corrected chi connectivity index (χ1v) is 11.2. The molecule has 34 heavy (non-hydrogen) atoms. The Kier molecular flexibility index (Phi) is 5.54. The lowest BCUT2D eigenvalue weighted by molar-refractivity contribution is 0.199. The molecule has 5 aromatic rings. The molecular weight excluding hydrogens is 428 g/mol. The zero-order chi connectivity index (χ0) is 23.8. The van der Waals surface area contributed by atoms with E-state index in [1.54, 1.807) is 13.3 Å². The van der Waals surface area contributed by atoms with Crippen LogP contribution in [0.25, 0.3) is 28.1 Å². The highest BCUT2D eigenvalue weighted by atomic mass is 16.3. The molecule has 0 spiro atoms. The van der Waals surface area contributed by atoms with E-state index in [9.17, 15) is 5.11 Å². The molecule has 0 saturated heterocycles. The van der Waals surface area contributed by atoms with Crippen molar-refractivity contribution in [2.24, 2.45) is 0 Å². The van der Waals surface area contributed by atoms with Crippen LogP contribution >= 0.6 is 0 Å². The number of pyridine rings is 1. The summed E-state index contributed by atoms with van der Waals surface area (Å²) in [5.41, 5.74) is 6.89. The molecule has 0 radical (unpaired) electrons. The molecule has 1 unspecified atom stereocenters.